The van der Waals surface area contributed by atoms with Crippen LogP contribution in [0.15, 0.2) is 59.6 Å². The van der Waals surface area contributed by atoms with E-state index in [4.69, 9.17) is 9.47 Å². The minimum Gasteiger partial charge on any atom is -0.493 e. The molecule has 1 aromatic carbocycles. The van der Waals surface area contributed by atoms with E-state index in [0.29, 0.717) is 19.7 Å². The van der Waals surface area contributed by atoms with Gasteiger partial charge in [0.05, 0.1) is 12.7 Å². The normalized spacial score (nSPS) is 15.9. The van der Waals surface area contributed by atoms with Crippen molar-refractivity contribution in [3.05, 3.63) is 70.7 Å². The quantitative estimate of drug-likeness (QED) is 0.496. The molecule has 2 aromatic heterocycles. The molecule has 1 fully saturated rings. The Morgan fingerprint density at radius 1 is 1.30 bits per heavy atom. The van der Waals surface area contributed by atoms with E-state index >= 15 is 0 Å². The van der Waals surface area contributed by atoms with E-state index in [1.807, 2.05) is 41.4 Å². The van der Waals surface area contributed by atoms with Crippen LogP contribution in [-0.4, -0.2) is 46.5 Å². The molecule has 0 spiro atoms. The van der Waals surface area contributed by atoms with Gasteiger partial charge in [0.15, 0.2) is 0 Å². The Bertz CT molecular complexity index is 906. The van der Waals surface area contributed by atoms with Gasteiger partial charge in [0.2, 0.25) is 5.91 Å². The van der Waals surface area contributed by atoms with Crippen LogP contribution in [0, 0.1) is 0 Å². The first kappa shape index (κ1) is 20.6. The van der Waals surface area contributed by atoms with Gasteiger partial charge in [-0.25, -0.2) is 0 Å². The van der Waals surface area contributed by atoms with E-state index in [1.54, 1.807) is 22.2 Å². The van der Waals surface area contributed by atoms with Crippen molar-refractivity contribution in [1.82, 2.24) is 14.7 Å². The fourth-order valence-corrected chi connectivity index (χ4v) is 4.30. The highest BCUT2D eigenvalue weighted by Gasteiger charge is 2.23. The molecule has 4 rings (SSSR count). The summed E-state index contributed by atoms with van der Waals surface area (Å²) in [6.07, 6.45) is 6.55. The van der Waals surface area contributed by atoms with Crippen LogP contribution in [0.2, 0.25) is 0 Å². The second kappa shape index (κ2) is 10.4. The van der Waals surface area contributed by atoms with E-state index in [0.717, 1.165) is 37.2 Å². The maximum absolute atomic E-state index is 13.0. The third kappa shape index (κ3) is 5.93. The zero-order chi connectivity index (χ0) is 20.6. The molecular formula is C23H27N3O3S. The van der Waals surface area contributed by atoms with Crippen LogP contribution in [0.5, 0.6) is 5.75 Å². The zero-order valence-corrected chi connectivity index (χ0v) is 17.8. The lowest BCUT2D eigenvalue weighted by Crippen LogP contribution is -2.39. The van der Waals surface area contributed by atoms with Gasteiger partial charge in [-0.2, -0.15) is 16.4 Å². The molecule has 0 N–H and O–H groups in total. The third-order valence-electron chi connectivity index (χ3n) is 5.17. The van der Waals surface area contributed by atoms with Gasteiger partial charge in [0.1, 0.15) is 12.3 Å². The summed E-state index contributed by atoms with van der Waals surface area (Å²) >= 11 is 1.70. The van der Waals surface area contributed by atoms with Crippen molar-refractivity contribution in [3.63, 3.8) is 0 Å². The average molecular weight is 426 g/mol. The van der Waals surface area contributed by atoms with E-state index in [9.17, 15) is 4.79 Å². The van der Waals surface area contributed by atoms with Gasteiger partial charge in [-0.05, 0) is 59.0 Å². The third-order valence-corrected chi connectivity index (χ3v) is 5.90. The van der Waals surface area contributed by atoms with E-state index in [1.165, 1.54) is 5.56 Å². The molecular weight excluding hydrogens is 398 g/mol. The SMILES string of the molecule is O=C(Cn1cccn1)N(Cc1cccc(OCCc2ccsc2)c1)CC1CCCO1. The highest BCUT2D eigenvalue weighted by molar-refractivity contribution is 7.07. The van der Waals surface area contributed by atoms with Crippen LogP contribution in [0.3, 0.4) is 0 Å². The predicted molar refractivity (Wildman–Crippen MR) is 117 cm³/mol. The lowest BCUT2D eigenvalue weighted by molar-refractivity contribution is -0.134. The Balaban J connectivity index is 1.38. The Morgan fingerprint density at radius 3 is 3.03 bits per heavy atom. The van der Waals surface area contributed by atoms with Crippen molar-refractivity contribution in [2.45, 2.75) is 38.5 Å². The van der Waals surface area contributed by atoms with Gasteiger partial charge in [0.25, 0.3) is 0 Å². The molecule has 158 valence electrons. The predicted octanol–water partition coefficient (Wildman–Crippen LogP) is 3.77. The first-order valence-corrected chi connectivity index (χ1v) is 11.3. The number of amides is 1. The summed E-state index contributed by atoms with van der Waals surface area (Å²) in [5, 5.41) is 8.39. The Kier molecular flexibility index (Phi) is 7.16. The molecule has 1 aliphatic rings. The second-order valence-corrected chi connectivity index (χ2v) is 8.27. The van der Waals surface area contributed by atoms with E-state index < -0.39 is 0 Å². The number of aromatic nitrogens is 2. The van der Waals surface area contributed by atoms with Crippen molar-refractivity contribution in [3.8, 4) is 5.75 Å². The summed E-state index contributed by atoms with van der Waals surface area (Å²) in [6, 6.07) is 12.0. The van der Waals surface area contributed by atoms with E-state index in [-0.39, 0.29) is 18.6 Å². The van der Waals surface area contributed by atoms with Crippen LogP contribution in [-0.2, 0) is 29.0 Å². The largest absolute Gasteiger partial charge is 0.493 e. The van der Waals surface area contributed by atoms with Crippen LogP contribution >= 0.6 is 11.3 Å². The average Bonchev–Trinajstić information content (AvgIpc) is 3.52. The van der Waals surface area contributed by atoms with E-state index in [2.05, 4.69) is 21.9 Å². The maximum atomic E-state index is 13.0. The van der Waals surface area contributed by atoms with Gasteiger partial charge >= 0.3 is 0 Å². The highest BCUT2D eigenvalue weighted by Crippen LogP contribution is 2.19. The van der Waals surface area contributed by atoms with Crippen LogP contribution in [0.4, 0.5) is 0 Å². The molecule has 30 heavy (non-hydrogen) atoms. The second-order valence-electron chi connectivity index (χ2n) is 7.49. The number of thiophene rings is 1. The topological polar surface area (TPSA) is 56.6 Å². The maximum Gasteiger partial charge on any atom is 0.244 e. The molecule has 1 atom stereocenters. The molecule has 3 aromatic rings. The van der Waals surface area contributed by atoms with Gasteiger partial charge < -0.3 is 14.4 Å². The molecule has 1 aliphatic heterocycles. The Labute approximate surface area is 181 Å². The van der Waals surface area contributed by atoms with Gasteiger partial charge in [-0.15, -0.1) is 0 Å². The summed E-state index contributed by atoms with van der Waals surface area (Å²) in [7, 11) is 0. The van der Waals surface area contributed by atoms with Gasteiger partial charge in [-0.3, -0.25) is 9.48 Å². The van der Waals surface area contributed by atoms with Crippen molar-refractivity contribution >= 4 is 17.2 Å². The summed E-state index contributed by atoms with van der Waals surface area (Å²) in [6.45, 7) is 2.78. The zero-order valence-electron chi connectivity index (χ0n) is 17.0. The van der Waals surface area contributed by atoms with Crippen molar-refractivity contribution in [2.75, 3.05) is 19.8 Å². The van der Waals surface area contributed by atoms with Crippen molar-refractivity contribution in [2.24, 2.45) is 0 Å². The first-order chi connectivity index (χ1) is 14.8. The standard InChI is InChI=1S/C23H27N3O3S/c27-23(17-26-10-3-9-24-26)25(16-22-6-2-11-28-22)15-20-4-1-5-21(14-20)29-12-7-19-8-13-30-18-19/h1,3-5,8-10,13-14,18,22H,2,6-7,11-12,15-17H2. The van der Waals surface area contributed by atoms with Crippen LogP contribution in [0.1, 0.15) is 24.0 Å². The van der Waals surface area contributed by atoms with Crippen molar-refractivity contribution in [1.29, 1.82) is 0 Å². The number of nitrogens with zero attached hydrogens (tertiary/aromatic N) is 3. The van der Waals surface area contributed by atoms with Crippen molar-refractivity contribution < 1.29 is 14.3 Å². The smallest absolute Gasteiger partial charge is 0.244 e. The minimum absolute atomic E-state index is 0.0398. The molecule has 3 heterocycles. The number of hydrogen-bond donors (Lipinski definition) is 0. The summed E-state index contributed by atoms with van der Waals surface area (Å²) in [5.41, 5.74) is 2.35. The monoisotopic (exact) mass is 425 g/mol. The highest BCUT2D eigenvalue weighted by atomic mass is 32.1. The molecule has 6 nitrogen and oxygen atoms in total. The minimum atomic E-state index is 0.0398. The first-order valence-electron chi connectivity index (χ1n) is 10.4. The molecule has 1 unspecified atom stereocenters. The lowest BCUT2D eigenvalue weighted by Gasteiger charge is -2.26. The Morgan fingerprint density at radius 2 is 2.27 bits per heavy atom. The number of rotatable bonds is 10. The Hall–Kier alpha value is -2.64. The number of benzene rings is 1. The van der Waals surface area contributed by atoms with Crippen LogP contribution < -0.4 is 4.74 Å². The molecule has 1 saturated heterocycles. The number of hydrogen-bond acceptors (Lipinski definition) is 5. The molecule has 1 amide bonds. The molecule has 7 heteroatoms. The molecule has 0 aliphatic carbocycles. The van der Waals surface area contributed by atoms with Gasteiger partial charge in [0, 0.05) is 38.5 Å². The molecule has 0 saturated carbocycles. The number of carbonyl (C=O) groups is 1. The molecule has 0 radical (unpaired) electrons. The summed E-state index contributed by atoms with van der Waals surface area (Å²) in [5.74, 6) is 0.873. The fraction of sp³-hybridized carbons (Fsp3) is 0.391. The fourth-order valence-electron chi connectivity index (χ4n) is 3.60. The summed E-state index contributed by atoms with van der Waals surface area (Å²) in [4.78, 5) is 14.8. The summed E-state index contributed by atoms with van der Waals surface area (Å²) < 4.78 is 13.4. The number of carbonyl (C=O) groups excluding carboxylic acids is 1. The molecule has 0 bridgehead atoms. The number of ether oxygens (including phenoxy) is 2. The van der Waals surface area contributed by atoms with Gasteiger partial charge in [-0.1, -0.05) is 12.1 Å². The lowest BCUT2D eigenvalue weighted by atomic mass is 10.1. The van der Waals surface area contributed by atoms with Crippen LogP contribution in [0.25, 0.3) is 0 Å².